The van der Waals surface area contributed by atoms with Crippen LogP contribution < -0.4 is 0 Å². The van der Waals surface area contributed by atoms with Gasteiger partial charge in [0.05, 0.1) is 0 Å². The number of likely N-dealkylation sites (tertiary alicyclic amines) is 1. The molecule has 0 aliphatic carbocycles. The molecule has 0 atom stereocenters. The molecule has 1 saturated heterocycles. The SMILES string of the molecule is O=C(CO)N1CCc2ccc(-c3ccc(CCN4CCCC4)cc3)cc2CC1. The molecule has 0 bridgehead atoms. The summed E-state index contributed by atoms with van der Waals surface area (Å²) >= 11 is 0. The molecular weight excluding hydrogens is 348 g/mol. The number of hydrogen-bond donors (Lipinski definition) is 1. The molecule has 2 aromatic carbocycles. The molecule has 1 fully saturated rings. The smallest absolute Gasteiger partial charge is 0.248 e. The maximum absolute atomic E-state index is 11.8. The van der Waals surface area contributed by atoms with Crippen LogP contribution in [-0.4, -0.2) is 60.1 Å². The molecule has 1 amide bonds. The van der Waals surface area contributed by atoms with Gasteiger partial charge in [0.1, 0.15) is 6.61 Å². The molecule has 4 nitrogen and oxygen atoms in total. The zero-order valence-corrected chi connectivity index (χ0v) is 16.6. The Morgan fingerprint density at radius 3 is 2.25 bits per heavy atom. The van der Waals surface area contributed by atoms with E-state index in [2.05, 4.69) is 47.4 Å². The molecule has 2 heterocycles. The molecule has 4 heteroatoms. The van der Waals surface area contributed by atoms with E-state index in [1.807, 2.05) is 0 Å². The van der Waals surface area contributed by atoms with E-state index in [1.165, 1.54) is 60.3 Å². The Bertz CT molecular complexity index is 810. The predicted octanol–water partition coefficient (Wildman–Crippen LogP) is 2.91. The van der Waals surface area contributed by atoms with Crippen molar-refractivity contribution in [2.24, 2.45) is 0 Å². The van der Waals surface area contributed by atoms with E-state index < -0.39 is 6.61 Å². The summed E-state index contributed by atoms with van der Waals surface area (Å²) in [6.07, 6.45) is 5.53. The van der Waals surface area contributed by atoms with Crippen molar-refractivity contribution in [3.63, 3.8) is 0 Å². The van der Waals surface area contributed by atoms with Crippen molar-refractivity contribution in [3.8, 4) is 11.1 Å². The highest BCUT2D eigenvalue weighted by molar-refractivity contribution is 5.77. The second-order valence-electron chi connectivity index (χ2n) is 8.02. The molecule has 148 valence electrons. The summed E-state index contributed by atoms with van der Waals surface area (Å²) in [5.41, 5.74) is 6.54. The van der Waals surface area contributed by atoms with Gasteiger partial charge in [0.25, 0.3) is 0 Å². The van der Waals surface area contributed by atoms with Crippen molar-refractivity contribution in [2.45, 2.75) is 32.1 Å². The van der Waals surface area contributed by atoms with Crippen LogP contribution in [0.25, 0.3) is 11.1 Å². The summed E-state index contributed by atoms with van der Waals surface area (Å²) in [4.78, 5) is 16.1. The number of amides is 1. The summed E-state index contributed by atoms with van der Waals surface area (Å²) in [6.45, 7) is 4.67. The molecule has 0 spiro atoms. The molecule has 0 aromatic heterocycles. The minimum absolute atomic E-state index is 0.169. The summed E-state index contributed by atoms with van der Waals surface area (Å²) < 4.78 is 0. The van der Waals surface area contributed by atoms with Crippen LogP contribution in [0, 0.1) is 0 Å². The van der Waals surface area contributed by atoms with E-state index in [0.29, 0.717) is 13.1 Å². The van der Waals surface area contributed by atoms with Crippen molar-refractivity contribution in [1.82, 2.24) is 9.80 Å². The third-order valence-corrected chi connectivity index (χ3v) is 6.20. The summed E-state index contributed by atoms with van der Waals surface area (Å²) in [5, 5.41) is 9.12. The largest absolute Gasteiger partial charge is 0.387 e. The van der Waals surface area contributed by atoms with Crippen molar-refractivity contribution in [3.05, 3.63) is 59.2 Å². The van der Waals surface area contributed by atoms with Crippen LogP contribution in [0.15, 0.2) is 42.5 Å². The first-order valence-corrected chi connectivity index (χ1v) is 10.5. The Kier molecular flexibility index (Phi) is 6.08. The number of rotatable bonds is 5. The Morgan fingerprint density at radius 2 is 1.54 bits per heavy atom. The van der Waals surface area contributed by atoms with Gasteiger partial charge in [-0.05, 0) is 73.0 Å². The van der Waals surface area contributed by atoms with Crippen LogP contribution in [0.5, 0.6) is 0 Å². The van der Waals surface area contributed by atoms with E-state index in [4.69, 9.17) is 5.11 Å². The van der Waals surface area contributed by atoms with Gasteiger partial charge in [0.15, 0.2) is 0 Å². The van der Waals surface area contributed by atoms with Crippen molar-refractivity contribution in [2.75, 3.05) is 39.3 Å². The first kappa shape index (κ1) is 19.2. The van der Waals surface area contributed by atoms with Crippen LogP contribution in [0.1, 0.15) is 29.5 Å². The van der Waals surface area contributed by atoms with E-state index in [9.17, 15) is 4.79 Å². The monoisotopic (exact) mass is 378 g/mol. The fourth-order valence-corrected chi connectivity index (χ4v) is 4.41. The first-order valence-electron chi connectivity index (χ1n) is 10.5. The second-order valence-corrected chi connectivity index (χ2v) is 8.02. The molecule has 0 saturated carbocycles. The molecule has 2 aliphatic heterocycles. The van der Waals surface area contributed by atoms with Crippen molar-refractivity contribution in [1.29, 1.82) is 0 Å². The summed E-state index contributed by atoms with van der Waals surface area (Å²) in [7, 11) is 0. The van der Waals surface area contributed by atoms with Gasteiger partial charge in [-0.3, -0.25) is 4.79 Å². The lowest BCUT2D eigenvalue weighted by Gasteiger charge is -2.18. The van der Waals surface area contributed by atoms with Gasteiger partial charge in [-0.1, -0.05) is 42.5 Å². The average Bonchev–Trinajstić information content (AvgIpc) is 3.17. The number of aliphatic hydroxyl groups excluding tert-OH is 1. The zero-order valence-electron chi connectivity index (χ0n) is 16.6. The Hall–Kier alpha value is -2.17. The van der Waals surface area contributed by atoms with E-state index in [0.717, 1.165) is 19.3 Å². The quantitative estimate of drug-likeness (QED) is 0.870. The van der Waals surface area contributed by atoms with Gasteiger partial charge >= 0.3 is 0 Å². The van der Waals surface area contributed by atoms with Crippen molar-refractivity contribution >= 4 is 5.91 Å². The van der Waals surface area contributed by atoms with Gasteiger partial charge < -0.3 is 14.9 Å². The molecular formula is C24H30N2O2. The molecule has 0 unspecified atom stereocenters. The normalized spacial score (nSPS) is 17.4. The lowest BCUT2D eigenvalue weighted by atomic mass is 9.96. The van der Waals surface area contributed by atoms with Crippen LogP contribution in [0.2, 0.25) is 0 Å². The summed E-state index contributed by atoms with van der Waals surface area (Å²) in [5.74, 6) is -0.169. The summed E-state index contributed by atoms with van der Waals surface area (Å²) in [6, 6.07) is 15.7. The molecule has 2 aromatic rings. The van der Waals surface area contributed by atoms with Gasteiger partial charge in [0, 0.05) is 19.6 Å². The Morgan fingerprint density at radius 1 is 0.857 bits per heavy atom. The van der Waals surface area contributed by atoms with Crippen LogP contribution >= 0.6 is 0 Å². The third kappa shape index (κ3) is 4.45. The second kappa shape index (κ2) is 8.89. The maximum Gasteiger partial charge on any atom is 0.248 e. The highest BCUT2D eigenvalue weighted by Crippen LogP contribution is 2.25. The third-order valence-electron chi connectivity index (χ3n) is 6.20. The number of aliphatic hydroxyl groups is 1. The Labute approximate surface area is 167 Å². The number of carbonyl (C=O) groups excluding carboxylic acids is 1. The van der Waals surface area contributed by atoms with Crippen molar-refractivity contribution < 1.29 is 9.90 Å². The van der Waals surface area contributed by atoms with Gasteiger partial charge in [0.2, 0.25) is 5.91 Å². The molecule has 2 aliphatic rings. The number of carbonyl (C=O) groups is 1. The van der Waals surface area contributed by atoms with Gasteiger partial charge in [-0.15, -0.1) is 0 Å². The average molecular weight is 379 g/mol. The van der Waals surface area contributed by atoms with Crippen LogP contribution in [0.4, 0.5) is 0 Å². The van der Waals surface area contributed by atoms with Gasteiger partial charge in [-0.2, -0.15) is 0 Å². The van der Waals surface area contributed by atoms with E-state index in [-0.39, 0.29) is 5.91 Å². The first-order chi connectivity index (χ1) is 13.7. The number of fused-ring (bicyclic) bond motifs is 1. The van der Waals surface area contributed by atoms with E-state index >= 15 is 0 Å². The minimum Gasteiger partial charge on any atom is -0.387 e. The minimum atomic E-state index is -0.397. The fourth-order valence-electron chi connectivity index (χ4n) is 4.41. The number of nitrogens with zero attached hydrogens (tertiary/aromatic N) is 2. The molecule has 0 radical (unpaired) electrons. The topological polar surface area (TPSA) is 43.8 Å². The molecule has 1 N–H and O–H groups in total. The molecule has 28 heavy (non-hydrogen) atoms. The van der Waals surface area contributed by atoms with Gasteiger partial charge in [-0.25, -0.2) is 0 Å². The Balaban J connectivity index is 1.42. The van der Waals surface area contributed by atoms with E-state index in [1.54, 1.807) is 4.90 Å². The van der Waals surface area contributed by atoms with Crippen LogP contribution in [-0.2, 0) is 24.1 Å². The maximum atomic E-state index is 11.8. The fraction of sp³-hybridized carbons (Fsp3) is 0.458. The lowest BCUT2D eigenvalue weighted by Crippen LogP contribution is -2.35. The number of benzene rings is 2. The molecule has 4 rings (SSSR count). The lowest BCUT2D eigenvalue weighted by molar-refractivity contribution is -0.134. The zero-order chi connectivity index (χ0) is 19.3. The highest BCUT2D eigenvalue weighted by atomic mass is 16.3. The number of hydrogen-bond acceptors (Lipinski definition) is 3. The predicted molar refractivity (Wildman–Crippen MR) is 112 cm³/mol. The highest BCUT2D eigenvalue weighted by Gasteiger charge is 2.18. The van der Waals surface area contributed by atoms with Crippen LogP contribution in [0.3, 0.4) is 0 Å². The standard InChI is InChI=1S/C24H30N2O2/c27-18-24(28)26-15-10-21-7-8-22(17-23(21)11-16-26)20-5-3-19(4-6-20)9-14-25-12-1-2-13-25/h3-8,17,27H,1-2,9-16,18H2.